The lowest BCUT2D eigenvalue weighted by Crippen LogP contribution is -1.94. The molecule has 0 fully saturated rings. The number of phenols is 1. The SMILES string of the molecule is COc1ccc(Br)c(CCO)c1O. The van der Waals surface area contributed by atoms with E-state index in [1.54, 1.807) is 12.1 Å². The highest BCUT2D eigenvalue weighted by atomic mass is 79.9. The quantitative estimate of drug-likeness (QED) is 0.854. The molecule has 1 rings (SSSR count). The van der Waals surface area contributed by atoms with Gasteiger partial charge in [0.05, 0.1) is 7.11 Å². The van der Waals surface area contributed by atoms with E-state index >= 15 is 0 Å². The number of benzene rings is 1. The fraction of sp³-hybridized carbons (Fsp3) is 0.333. The third kappa shape index (κ3) is 2.14. The van der Waals surface area contributed by atoms with Crippen molar-refractivity contribution >= 4 is 15.9 Å². The number of hydrogen-bond donors (Lipinski definition) is 2. The molecular weight excluding hydrogens is 236 g/mol. The molecule has 3 nitrogen and oxygen atoms in total. The van der Waals surface area contributed by atoms with Crippen LogP contribution in [-0.2, 0) is 6.42 Å². The normalized spacial score (nSPS) is 10.1. The van der Waals surface area contributed by atoms with Crippen molar-refractivity contribution in [3.63, 3.8) is 0 Å². The molecule has 0 heterocycles. The molecule has 4 heteroatoms. The van der Waals surface area contributed by atoms with Gasteiger partial charge < -0.3 is 14.9 Å². The van der Waals surface area contributed by atoms with Gasteiger partial charge in [0.2, 0.25) is 0 Å². The fourth-order valence-electron chi connectivity index (χ4n) is 1.10. The zero-order valence-corrected chi connectivity index (χ0v) is 8.84. The fourth-order valence-corrected chi connectivity index (χ4v) is 1.62. The van der Waals surface area contributed by atoms with Crippen LogP contribution < -0.4 is 4.74 Å². The summed E-state index contributed by atoms with van der Waals surface area (Å²) in [4.78, 5) is 0. The molecule has 1 aromatic rings. The van der Waals surface area contributed by atoms with Crippen molar-refractivity contribution in [1.82, 2.24) is 0 Å². The number of aromatic hydroxyl groups is 1. The van der Waals surface area contributed by atoms with Crippen LogP contribution in [0.5, 0.6) is 11.5 Å². The van der Waals surface area contributed by atoms with Gasteiger partial charge in [-0.3, -0.25) is 0 Å². The highest BCUT2D eigenvalue weighted by Crippen LogP contribution is 2.34. The predicted molar refractivity (Wildman–Crippen MR) is 53.1 cm³/mol. The monoisotopic (exact) mass is 246 g/mol. The van der Waals surface area contributed by atoms with Gasteiger partial charge in [-0.15, -0.1) is 0 Å². The highest BCUT2D eigenvalue weighted by molar-refractivity contribution is 9.10. The first-order valence-corrected chi connectivity index (χ1v) is 4.65. The Balaban J connectivity index is 3.13. The second kappa shape index (κ2) is 4.48. The Kier molecular flexibility index (Phi) is 3.57. The van der Waals surface area contributed by atoms with E-state index in [0.29, 0.717) is 17.7 Å². The second-order valence-corrected chi connectivity index (χ2v) is 3.40. The molecule has 0 atom stereocenters. The van der Waals surface area contributed by atoms with Gasteiger partial charge in [0, 0.05) is 23.1 Å². The average Bonchev–Trinajstić information content (AvgIpc) is 2.12. The standard InChI is InChI=1S/C9H11BrO3/c1-13-8-3-2-7(10)6(4-5-11)9(8)12/h2-3,11-12H,4-5H2,1H3. The molecule has 0 saturated heterocycles. The molecule has 0 aliphatic heterocycles. The van der Waals surface area contributed by atoms with Crippen molar-refractivity contribution in [1.29, 1.82) is 0 Å². The maximum absolute atomic E-state index is 9.63. The summed E-state index contributed by atoms with van der Waals surface area (Å²) in [6, 6.07) is 3.45. The molecule has 13 heavy (non-hydrogen) atoms. The maximum Gasteiger partial charge on any atom is 0.162 e. The van der Waals surface area contributed by atoms with Gasteiger partial charge in [-0.1, -0.05) is 15.9 Å². The number of rotatable bonds is 3. The summed E-state index contributed by atoms with van der Waals surface area (Å²) >= 11 is 3.28. The zero-order valence-electron chi connectivity index (χ0n) is 7.25. The lowest BCUT2D eigenvalue weighted by molar-refractivity contribution is 0.295. The van der Waals surface area contributed by atoms with Crippen LogP contribution in [0.1, 0.15) is 5.56 Å². The maximum atomic E-state index is 9.63. The summed E-state index contributed by atoms with van der Waals surface area (Å²) in [7, 11) is 1.49. The minimum Gasteiger partial charge on any atom is -0.504 e. The van der Waals surface area contributed by atoms with Gasteiger partial charge in [-0.25, -0.2) is 0 Å². The molecule has 72 valence electrons. The van der Waals surface area contributed by atoms with E-state index in [-0.39, 0.29) is 12.4 Å². The predicted octanol–water partition coefficient (Wildman–Crippen LogP) is 1.70. The van der Waals surface area contributed by atoms with E-state index in [0.717, 1.165) is 4.47 Å². The van der Waals surface area contributed by atoms with E-state index in [2.05, 4.69) is 15.9 Å². The topological polar surface area (TPSA) is 49.7 Å². The van der Waals surface area contributed by atoms with Crippen LogP contribution in [0.3, 0.4) is 0 Å². The van der Waals surface area contributed by atoms with Crippen LogP contribution in [-0.4, -0.2) is 23.9 Å². The highest BCUT2D eigenvalue weighted by Gasteiger charge is 2.10. The van der Waals surface area contributed by atoms with Crippen LogP contribution in [0.25, 0.3) is 0 Å². The number of halogens is 1. The van der Waals surface area contributed by atoms with Gasteiger partial charge in [0.25, 0.3) is 0 Å². The number of aliphatic hydroxyl groups is 1. The van der Waals surface area contributed by atoms with Gasteiger partial charge in [-0.05, 0) is 12.1 Å². The largest absolute Gasteiger partial charge is 0.504 e. The van der Waals surface area contributed by atoms with Gasteiger partial charge in [0.1, 0.15) is 0 Å². The molecule has 0 unspecified atom stereocenters. The molecule has 2 N–H and O–H groups in total. The lowest BCUT2D eigenvalue weighted by Gasteiger charge is -2.09. The Hall–Kier alpha value is -0.740. The Morgan fingerprint density at radius 2 is 2.15 bits per heavy atom. The molecule has 0 saturated carbocycles. The summed E-state index contributed by atoms with van der Waals surface area (Å²) in [6.07, 6.45) is 0.406. The van der Waals surface area contributed by atoms with Crippen molar-refractivity contribution in [2.45, 2.75) is 6.42 Å². The molecule has 1 aromatic carbocycles. The molecule has 0 bridgehead atoms. The van der Waals surface area contributed by atoms with Crippen LogP contribution in [0, 0.1) is 0 Å². The van der Waals surface area contributed by atoms with Crippen LogP contribution in [0.15, 0.2) is 16.6 Å². The van der Waals surface area contributed by atoms with Crippen LogP contribution >= 0.6 is 15.9 Å². The van der Waals surface area contributed by atoms with Crippen molar-refractivity contribution in [3.8, 4) is 11.5 Å². The molecule has 0 aliphatic rings. The van der Waals surface area contributed by atoms with Crippen molar-refractivity contribution in [3.05, 3.63) is 22.2 Å². The zero-order chi connectivity index (χ0) is 9.84. The Labute approximate surface area is 85.1 Å². The average molecular weight is 247 g/mol. The van der Waals surface area contributed by atoms with Gasteiger partial charge >= 0.3 is 0 Å². The number of hydrogen-bond acceptors (Lipinski definition) is 3. The summed E-state index contributed by atoms with van der Waals surface area (Å²) in [5, 5.41) is 18.4. The Bertz CT molecular complexity index is 299. The van der Waals surface area contributed by atoms with E-state index in [4.69, 9.17) is 9.84 Å². The Morgan fingerprint density at radius 3 is 2.69 bits per heavy atom. The molecule has 0 spiro atoms. The molecule has 0 amide bonds. The minimum atomic E-state index is -0.000667. The van der Waals surface area contributed by atoms with Crippen molar-refractivity contribution in [2.24, 2.45) is 0 Å². The molecule has 0 radical (unpaired) electrons. The number of ether oxygens (including phenoxy) is 1. The van der Waals surface area contributed by atoms with Gasteiger partial charge in [-0.2, -0.15) is 0 Å². The summed E-state index contributed by atoms with van der Waals surface area (Å²) in [5.41, 5.74) is 0.668. The van der Waals surface area contributed by atoms with E-state index < -0.39 is 0 Å². The van der Waals surface area contributed by atoms with Crippen molar-refractivity contribution in [2.75, 3.05) is 13.7 Å². The minimum absolute atomic E-state index is 0.000667. The summed E-state index contributed by atoms with van der Waals surface area (Å²) in [5.74, 6) is 0.512. The van der Waals surface area contributed by atoms with Crippen LogP contribution in [0.2, 0.25) is 0 Å². The molecule has 0 aromatic heterocycles. The van der Waals surface area contributed by atoms with E-state index in [1.165, 1.54) is 7.11 Å². The van der Waals surface area contributed by atoms with Gasteiger partial charge in [0.15, 0.2) is 11.5 Å². The van der Waals surface area contributed by atoms with E-state index in [1.807, 2.05) is 0 Å². The summed E-state index contributed by atoms with van der Waals surface area (Å²) in [6.45, 7) is -0.000667. The lowest BCUT2D eigenvalue weighted by atomic mass is 10.1. The van der Waals surface area contributed by atoms with E-state index in [9.17, 15) is 5.11 Å². The number of phenolic OH excluding ortho intramolecular Hbond substituents is 1. The first kappa shape index (κ1) is 10.3. The van der Waals surface area contributed by atoms with Crippen LogP contribution in [0.4, 0.5) is 0 Å². The Morgan fingerprint density at radius 1 is 1.46 bits per heavy atom. The number of aliphatic hydroxyl groups excluding tert-OH is 1. The molecule has 0 aliphatic carbocycles. The smallest absolute Gasteiger partial charge is 0.162 e. The van der Waals surface area contributed by atoms with Crippen molar-refractivity contribution < 1.29 is 14.9 Å². The second-order valence-electron chi connectivity index (χ2n) is 2.55. The first-order valence-electron chi connectivity index (χ1n) is 3.86. The first-order chi connectivity index (χ1) is 6.20. The molecular formula is C9H11BrO3. The number of methoxy groups -OCH3 is 1. The third-order valence-corrected chi connectivity index (χ3v) is 2.51. The third-order valence-electron chi connectivity index (χ3n) is 1.77. The summed E-state index contributed by atoms with van der Waals surface area (Å²) < 4.78 is 5.71.